The summed E-state index contributed by atoms with van der Waals surface area (Å²) in [6, 6.07) is 4.28. The van der Waals surface area contributed by atoms with E-state index in [-0.39, 0.29) is 32.3 Å². The quantitative estimate of drug-likeness (QED) is 0.341. The molecule has 0 unspecified atom stereocenters. The van der Waals surface area contributed by atoms with E-state index < -0.39 is 29.1 Å². The number of aromatic nitrogens is 4. The van der Waals surface area contributed by atoms with Gasteiger partial charge in [-0.1, -0.05) is 23.2 Å². The molecule has 32 heavy (non-hydrogen) atoms. The fourth-order valence-electron chi connectivity index (χ4n) is 2.65. The van der Waals surface area contributed by atoms with Gasteiger partial charge in [-0.2, -0.15) is 13.2 Å². The Balaban J connectivity index is 2.01. The van der Waals surface area contributed by atoms with Crippen LogP contribution in [0.4, 0.5) is 19.0 Å². The third kappa shape index (κ3) is 4.12. The summed E-state index contributed by atoms with van der Waals surface area (Å²) in [6.45, 7) is 0. The van der Waals surface area contributed by atoms with Crippen LogP contribution in [0.15, 0.2) is 62.8 Å². The molecule has 4 aromatic rings. The average Bonchev–Trinajstić information content (AvgIpc) is 2.75. The number of alkyl halides is 3. The summed E-state index contributed by atoms with van der Waals surface area (Å²) in [6.07, 6.45) is -0.313. The molecule has 1 aromatic carbocycles. The normalized spacial score (nSPS) is 13.2. The van der Waals surface area contributed by atoms with Crippen LogP contribution in [0.1, 0.15) is 5.89 Å². The fraction of sp³-hybridized carbons (Fsp3) is 0.0526. The summed E-state index contributed by atoms with van der Waals surface area (Å²) in [7, 11) is 0. The lowest BCUT2D eigenvalue weighted by molar-refractivity contribution is -0.0925. The minimum atomic E-state index is -4.88. The molecule has 4 rings (SSSR count). The van der Waals surface area contributed by atoms with Crippen LogP contribution < -0.4 is 11.4 Å². The largest absolute Gasteiger partial charge is 0.430 e. The Morgan fingerprint density at radius 2 is 1.88 bits per heavy atom. The van der Waals surface area contributed by atoms with Crippen molar-refractivity contribution < 1.29 is 17.6 Å². The van der Waals surface area contributed by atoms with Gasteiger partial charge in [0, 0.05) is 18.6 Å². The zero-order chi connectivity index (χ0) is 23.0. The Bertz CT molecular complexity index is 1480. The maximum Gasteiger partial charge on any atom is 0.430 e. The van der Waals surface area contributed by atoms with Crippen molar-refractivity contribution in [2.75, 3.05) is 0 Å². The van der Waals surface area contributed by atoms with Crippen molar-refractivity contribution in [2.24, 2.45) is 10.7 Å². The van der Waals surface area contributed by atoms with Crippen LogP contribution >= 0.6 is 23.2 Å². The first-order valence-electron chi connectivity index (χ1n) is 8.63. The number of fused-ring (bicyclic) bond motifs is 2. The van der Waals surface area contributed by atoms with Crippen molar-refractivity contribution in [3.05, 3.63) is 74.9 Å². The van der Waals surface area contributed by atoms with E-state index in [9.17, 15) is 18.0 Å². The van der Waals surface area contributed by atoms with E-state index in [0.717, 1.165) is 0 Å². The molecule has 0 saturated carbocycles. The maximum absolute atomic E-state index is 13.1. The van der Waals surface area contributed by atoms with Crippen molar-refractivity contribution >= 4 is 56.7 Å². The van der Waals surface area contributed by atoms with Crippen molar-refractivity contribution in [3.8, 4) is 0 Å². The Morgan fingerprint density at radius 3 is 2.59 bits per heavy atom. The lowest BCUT2D eigenvalue weighted by Gasteiger charge is -2.08. The smallest absolute Gasteiger partial charge is 0.401 e. The third-order valence-electron chi connectivity index (χ3n) is 4.11. The van der Waals surface area contributed by atoms with Gasteiger partial charge in [-0.15, -0.1) is 0 Å². The van der Waals surface area contributed by atoms with Crippen molar-refractivity contribution in [3.63, 3.8) is 0 Å². The molecule has 0 amide bonds. The number of hydrogen-bond acceptors (Lipinski definition) is 8. The zero-order valence-corrected chi connectivity index (χ0v) is 17.1. The fourth-order valence-corrected chi connectivity index (χ4v) is 3.10. The minimum absolute atomic E-state index is 0.0337. The molecule has 0 saturated heterocycles. The van der Waals surface area contributed by atoms with Crippen molar-refractivity contribution in [1.82, 2.24) is 19.9 Å². The van der Waals surface area contributed by atoms with E-state index in [4.69, 9.17) is 33.4 Å². The van der Waals surface area contributed by atoms with E-state index >= 15 is 0 Å². The van der Waals surface area contributed by atoms with E-state index in [2.05, 4.69) is 24.9 Å². The first-order chi connectivity index (χ1) is 15.1. The topological polar surface area (TPSA) is 120 Å². The maximum atomic E-state index is 13.1. The lowest BCUT2D eigenvalue weighted by atomic mass is 10.2. The lowest BCUT2D eigenvalue weighted by Crippen LogP contribution is -2.21. The summed E-state index contributed by atoms with van der Waals surface area (Å²) in [4.78, 5) is 32.8. The molecule has 162 valence electrons. The van der Waals surface area contributed by atoms with E-state index in [1.54, 1.807) is 0 Å². The average molecular weight is 481 g/mol. The number of nitrogens with two attached hydrogens (primary N) is 1. The van der Waals surface area contributed by atoms with Gasteiger partial charge in [0.1, 0.15) is 22.4 Å². The second kappa shape index (κ2) is 8.17. The summed E-state index contributed by atoms with van der Waals surface area (Å²) in [5, 5.41) is -0.0519. The first kappa shape index (κ1) is 21.7. The van der Waals surface area contributed by atoms with Gasteiger partial charge in [0.15, 0.2) is 5.82 Å². The summed E-state index contributed by atoms with van der Waals surface area (Å²) >= 11 is 12.4. The Labute approximate surface area is 186 Å². The van der Waals surface area contributed by atoms with Crippen molar-refractivity contribution in [2.45, 2.75) is 6.18 Å². The van der Waals surface area contributed by atoms with Gasteiger partial charge in [0.25, 0.3) is 0 Å². The molecule has 0 radical (unpaired) electrons. The number of rotatable bonds is 3. The number of nitrogens with zero attached hydrogens (tertiary/aromatic N) is 5. The number of hydrogen-bond donors (Lipinski definition) is 1. The number of benzene rings is 1. The highest BCUT2D eigenvalue weighted by Crippen LogP contribution is 2.29. The predicted molar refractivity (Wildman–Crippen MR) is 112 cm³/mol. The second-order valence-corrected chi connectivity index (χ2v) is 7.01. The van der Waals surface area contributed by atoms with Gasteiger partial charge in [0.05, 0.1) is 20.9 Å². The Kier molecular flexibility index (Phi) is 5.53. The highest BCUT2D eigenvalue weighted by molar-refractivity contribution is 6.39. The highest BCUT2D eigenvalue weighted by atomic mass is 35.5. The molecule has 8 nitrogen and oxygen atoms in total. The second-order valence-electron chi connectivity index (χ2n) is 6.22. The number of aliphatic imine (C=N–C) groups is 1. The standard InChI is InChI=1S/C19H9Cl2F3N6O2/c20-9-2-1-3-28-16(9)29-11(7-12(25)19(22,23)24)17-30-14-8(18(31)32-17)6-10-15(13(14)21)27-5-4-26-10/h1-7H,25H2. The van der Waals surface area contributed by atoms with E-state index in [1.165, 1.54) is 36.8 Å². The van der Waals surface area contributed by atoms with Gasteiger partial charge >= 0.3 is 11.8 Å². The zero-order valence-electron chi connectivity index (χ0n) is 15.6. The minimum Gasteiger partial charge on any atom is -0.401 e. The van der Waals surface area contributed by atoms with E-state index in [0.29, 0.717) is 11.6 Å². The van der Waals surface area contributed by atoms with Crippen LogP contribution in [0.2, 0.25) is 10.0 Å². The van der Waals surface area contributed by atoms with Gasteiger partial charge in [-0.3, -0.25) is 9.97 Å². The molecular formula is C19H9Cl2F3N6O2. The van der Waals surface area contributed by atoms with Gasteiger partial charge in [-0.05, 0) is 24.3 Å². The molecule has 2 N–H and O–H groups in total. The summed E-state index contributed by atoms with van der Waals surface area (Å²) < 4.78 is 44.4. The number of pyridine rings is 1. The van der Waals surface area contributed by atoms with Gasteiger partial charge < -0.3 is 10.2 Å². The molecule has 0 aliphatic heterocycles. The predicted octanol–water partition coefficient (Wildman–Crippen LogP) is 4.36. The SMILES string of the molecule is NC(=CC(=Nc1ncccc1Cl)c1nc2c(Cl)c3nccnc3cc2c(=O)o1)C(F)(F)F. The molecule has 0 aliphatic rings. The Morgan fingerprint density at radius 1 is 1.12 bits per heavy atom. The summed E-state index contributed by atoms with van der Waals surface area (Å²) in [5.41, 5.74) is 2.64. The highest BCUT2D eigenvalue weighted by Gasteiger charge is 2.32. The first-order valence-corrected chi connectivity index (χ1v) is 9.39. The Hall–Kier alpha value is -3.57. The van der Waals surface area contributed by atoms with Gasteiger partial charge in [-0.25, -0.2) is 19.8 Å². The molecule has 0 spiro atoms. The molecule has 0 aliphatic carbocycles. The number of halogens is 5. The molecule has 0 bridgehead atoms. The molecule has 0 atom stereocenters. The van der Waals surface area contributed by atoms with Crippen LogP contribution in [0.25, 0.3) is 21.9 Å². The molecular weight excluding hydrogens is 472 g/mol. The van der Waals surface area contributed by atoms with Crippen LogP contribution in [-0.2, 0) is 0 Å². The van der Waals surface area contributed by atoms with Crippen molar-refractivity contribution in [1.29, 1.82) is 0 Å². The van der Waals surface area contributed by atoms with Crippen LogP contribution in [-0.4, -0.2) is 31.8 Å². The summed E-state index contributed by atoms with van der Waals surface area (Å²) in [5.74, 6) is -0.725. The third-order valence-corrected chi connectivity index (χ3v) is 4.76. The van der Waals surface area contributed by atoms with Crippen LogP contribution in [0.3, 0.4) is 0 Å². The van der Waals surface area contributed by atoms with Crippen LogP contribution in [0.5, 0.6) is 0 Å². The van der Waals surface area contributed by atoms with Gasteiger partial charge in [0.2, 0.25) is 5.89 Å². The number of allylic oxidation sites excluding steroid dienone is 2. The van der Waals surface area contributed by atoms with E-state index in [1.807, 2.05) is 0 Å². The molecule has 3 aromatic heterocycles. The monoisotopic (exact) mass is 480 g/mol. The van der Waals surface area contributed by atoms with Crippen LogP contribution in [0, 0.1) is 0 Å². The molecule has 3 heterocycles. The molecule has 0 fully saturated rings. The molecule has 13 heteroatoms.